The Bertz CT molecular complexity index is 1330. The van der Waals surface area contributed by atoms with Crippen molar-refractivity contribution in [3.8, 4) is 17.2 Å². The number of hydrogen-bond donors (Lipinski definition) is 2. The number of nitrogens with one attached hydrogen (secondary N) is 2. The van der Waals surface area contributed by atoms with E-state index in [4.69, 9.17) is 14.2 Å². The summed E-state index contributed by atoms with van der Waals surface area (Å²) in [6, 6.07) is 15.5. The van der Waals surface area contributed by atoms with E-state index < -0.39 is 0 Å². The van der Waals surface area contributed by atoms with Crippen molar-refractivity contribution in [2.24, 2.45) is 0 Å². The van der Waals surface area contributed by atoms with Crippen LogP contribution in [0.3, 0.4) is 0 Å². The van der Waals surface area contributed by atoms with Crippen LogP contribution in [0.25, 0.3) is 10.1 Å². The van der Waals surface area contributed by atoms with Gasteiger partial charge < -0.3 is 29.7 Å². The number of carbonyl (C=O) groups excluding carboxylic acids is 1. The Morgan fingerprint density at radius 2 is 1.83 bits per heavy atom. The number of anilines is 3. The van der Waals surface area contributed by atoms with Crippen molar-refractivity contribution in [1.82, 2.24) is 15.3 Å². The van der Waals surface area contributed by atoms with Gasteiger partial charge in [-0.15, -0.1) is 11.3 Å². The van der Waals surface area contributed by atoms with Gasteiger partial charge in [-0.3, -0.25) is 4.79 Å². The molecule has 0 aliphatic carbocycles. The minimum atomic E-state index is -0.0320. The molecule has 2 aromatic heterocycles. The number of amides is 1. The second kappa shape index (κ2) is 10.3. The Hall–Kier alpha value is -4.05. The number of nitrogens with zero attached hydrogens (tertiary/aromatic N) is 3. The number of carbonyl (C=O) groups is 1. The van der Waals surface area contributed by atoms with Crippen LogP contribution < -0.4 is 29.7 Å². The monoisotopic (exact) mass is 505 g/mol. The lowest BCUT2D eigenvalue weighted by atomic mass is 10.2. The van der Waals surface area contributed by atoms with Gasteiger partial charge in [0, 0.05) is 47.8 Å². The van der Waals surface area contributed by atoms with Crippen molar-refractivity contribution in [1.29, 1.82) is 0 Å². The lowest BCUT2D eigenvalue weighted by molar-refractivity contribution is 0.0944. The predicted octanol–water partition coefficient (Wildman–Crippen LogP) is 4.47. The van der Waals surface area contributed by atoms with Crippen molar-refractivity contribution in [2.75, 3.05) is 44.6 Å². The minimum absolute atomic E-state index is 0.0320. The highest BCUT2D eigenvalue weighted by Crippen LogP contribution is 2.40. The van der Waals surface area contributed by atoms with Crippen molar-refractivity contribution in [3.05, 3.63) is 59.6 Å². The minimum Gasteiger partial charge on any atom is -0.493 e. The summed E-state index contributed by atoms with van der Waals surface area (Å²) in [6.45, 7) is 1.47. The standard InChI is InChI=1S/C26H27N5O4S/c1-33-19-13-18(14-20(34-2)24(19)35-3)29-26-27-10-8-23(30-26)31-11-9-17(15-31)28-25(32)22-12-16-6-4-5-7-21(16)36-22/h4-8,10,12-14,17H,9,11,15H2,1-3H3,(H,28,32)(H,27,29,30). The molecule has 1 unspecified atom stereocenters. The highest BCUT2D eigenvalue weighted by molar-refractivity contribution is 7.20. The van der Waals surface area contributed by atoms with Gasteiger partial charge in [-0.05, 0) is 30.0 Å². The summed E-state index contributed by atoms with van der Waals surface area (Å²) in [5.41, 5.74) is 0.705. The van der Waals surface area contributed by atoms with Gasteiger partial charge in [0.1, 0.15) is 5.82 Å². The normalized spacial score (nSPS) is 15.1. The first-order valence-corrected chi connectivity index (χ1v) is 12.3. The molecule has 5 rings (SSSR count). The van der Waals surface area contributed by atoms with E-state index in [9.17, 15) is 4.79 Å². The maximum Gasteiger partial charge on any atom is 0.261 e. The van der Waals surface area contributed by atoms with Crippen LogP contribution in [-0.2, 0) is 0 Å². The molecule has 10 heteroatoms. The second-order valence-corrected chi connectivity index (χ2v) is 9.41. The number of benzene rings is 2. The zero-order valence-electron chi connectivity index (χ0n) is 20.3. The number of thiophene rings is 1. The summed E-state index contributed by atoms with van der Waals surface area (Å²) in [5.74, 6) is 2.79. The molecule has 1 saturated heterocycles. The molecule has 36 heavy (non-hydrogen) atoms. The number of ether oxygens (including phenoxy) is 3. The van der Waals surface area contributed by atoms with Crippen molar-refractivity contribution >= 4 is 44.8 Å². The van der Waals surface area contributed by atoms with Gasteiger partial charge in [0.2, 0.25) is 11.7 Å². The topological polar surface area (TPSA) is 97.8 Å². The van der Waals surface area contributed by atoms with Crippen molar-refractivity contribution in [3.63, 3.8) is 0 Å². The molecule has 1 amide bonds. The maximum atomic E-state index is 12.8. The molecular formula is C26H27N5O4S. The molecule has 0 bridgehead atoms. The number of rotatable bonds is 8. The molecule has 0 saturated carbocycles. The summed E-state index contributed by atoms with van der Waals surface area (Å²) >= 11 is 1.52. The van der Waals surface area contributed by atoms with E-state index in [0.717, 1.165) is 33.7 Å². The second-order valence-electron chi connectivity index (χ2n) is 8.33. The highest BCUT2D eigenvalue weighted by atomic mass is 32.1. The third-order valence-corrected chi connectivity index (χ3v) is 7.17. The zero-order valence-corrected chi connectivity index (χ0v) is 21.1. The Morgan fingerprint density at radius 1 is 1.06 bits per heavy atom. The van der Waals surface area contributed by atoms with E-state index in [0.29, 0.717) is 35.4 Å². The average Bonchev–Trinajstić information content (AvgIpc) is 3.55. The summed E-state index contributed by atoms with van der Waals surface area (Å²) in [4.78, 5) is 24.8. The van der Waals surface area contributed by atoms with Crippen molar-refractivity contribution < 1.29 is 19.0 Å². The summed E-state index contributed by atoms with van der Waals surface area (Å²) < 4.78 is 17.4. The van der Waals surface area contributed by atoms with Crippen LogP contribution in [0.2, 0.25) is 0 Å². The third kappa shape index (κ3) is 4.85. The number of hydrogen-bond acceptors (Lipinski definition) is 9. The molecular weight excluding hydrogens is 478 g/mol. The molecule has 1 aliphatic rings. The lowest BCUT2D eigenvalue weighted by Crippen LogP contribution is -2.36. The van der Waals surface area contributed by atoms with E-state index in [1.165, 1.54) is 11.3 Å². The SMILES string of the molecule is COc1cc(Nc2nccc(N3CCC(NC(=O)c4cc5ccccc5s4)C3)n2)cc(OC)c1OC. The van der Waals surface area contributed by atoms with Gasteiger partial charge in [-0.2, -0.15) is 4.98 Å². The Balaban J connectivity index is 1.25. The van der Waals surface area contributed by atoms with E-state index in [2.05, 4.69) is 25.5 Å². The van der Waals surface area contributed by atoms with Crippen LogP contribution >= 0.6 is 11.3 Å². The van der Waals surface area contributed by atoms with E-state index in [-0.39, 0.29) is 11.9 Å². The van der Waals surface area contributed by atoms with Gasteiger partial charge in [0.15, 0.2) is 11.5 Å². The van der Waals surface area contributed by atoms with Crippen LogP contribution in [0.4, 0.5) is 17.5 Å². The fourth-order valence-corrected chi connectivity index (χ4v) is 5.27. The lowest BCUT2D eigenvalue weighted by Gasteiger charge is -2.19. The van der Waals surface area contributed by atoms with Crippen LogP contribution in [0, 0.1) is 0 Å². The molecule has 9 nitrogen and oxygen atoms in total. The van der Waals surface area contributed by atoms with Crippen molar-refractivity contribution in [2.45, 2.75) is 12.5 Å². The molecule has 0 spiro atoms. The Morgan fingerprint density at radius 3 is 2.56 bits per heavy atom. The molecule has 1 aliphatic heterocycles. The zero-order chi connectivity index (χ0) is 25.1. The average molecular weight is 506 g/mol. The van der Waals surface area contributed by atoms with Gasteiger partial charge >= 0.3 is 0 Å². The van der Waals surface area contributed by atoms with Gasteiger partial charge in [-0.25, -0.2) is 4.98 Å². The molecule has 3 heterocycles. The van der Waals surface area contributed by atoms with Crippen LogP contribution in [0.5, 0.6) is 17.2 Å². The molecule has 2 N–H and O–H groups in total. The molecule has 186 valence electrons. The molecule has 2 aromatic carbocycles. The summed E-state index contributed by atoms with van der Waals surface area (Å²) in [5, 5.41) is 7.48. The Kier molecular flexibility index (Phi) is 6.77. The van der Waals surface area contributed by atoms with Gasteiger partial charge in [0.25, 0.3) is 5.91 Å². The molecule has 4 aromatic rings. The third-order valence-electron chi connectivity index (χ3n) is 6.06. The first-order chi connectivity index (χ1) is 17.6. The fraction of sp³-hybridized carbons (Fsp3) is 0.269. The van der Waals surface area contributed by atoms with Crippen LogP contribution in [-0.4, -0.2) is 56.3 Å². The van der Waals surface area contributed by atoms with Crippen LogP contribution in [0.15, 0.2) is 54.7 Å². The van der Waals surface area contributed by atoms with Gasteiger partial charge in [0.05, 0.1) is 26.2 Å². The van der Waals surface area contributed by atoms with Gasteiger partial charge in [-0.1, -0.05) is 18.2 Å². The summed E-state index contributed by atoms with van der Waals surface area (Å²) in [6.07, 6.45) is 2.56. The molecule has 1 atom stereocenters. The van der Waals surface area contributed by atoms with Crippen LogP contribution in [0.1, 0.15) is 16.1 Å². The Labute approximate surface area is 213 Å². The number of fused-ring (bicyclic) bond motifs is 1. The van der Waals surface area contributed by atoms with E-state index >= 15 is 0 Å². The smallest absolute Gasteiger partial charge is 0.261 e. The molecule has 1 fully saturated rings. The fourth-order valence-electron chi connectivity index (χ4n) is 4.30. The highest BCUT2D eigenvalue weighted by Gasteiger charge is 2.26. The quantitative estimate of drug-likeness (QED) is 0.362. The predicted molar refractivity (Wildman–Crippen MR) is 141 cm³/mol. The largest absolute Gasteiger partial charge is 0.493 e. The first-order valence-electron chi connectivity index (χ1n) is 11.5. The van der Waals surface area contributed by atoms with E-state index in [1.807, 2.05) is 36.4 Å². The van der Waals surface area contributed by atoms with E-state index in [1.54, 1.807) is 39.7 Å². The number of methoxy groups -OCH3 is 3. The molecule has 0 radical (unpaired) electrons. The maximum absolute atomic E-state index is 12.8. The first kappa shape index (κ1) is 23.7. The number of aromatic nitrogens is 2. The summed E-state index contributed by atoms with van der Waals surface area (Å²) in [7, 11) is 4.71.